The first kappa shape index (κ1) is 12.0. The Kier molecular flexibility index (Phi) is 2.81. The monoisotopic (exact) mass is 265 g/mol. The first-order valence-electron chi connectivity index (χ1n) is 7.54. The molecule has 0 amide bonds. The number of benzene rings is 1. The highest BCUT2D eigenvalue weighted by Gasteiger charge is 2.30. The average molecular weight is 265 g/mol. The van der Waals surface area contributed by atoms with Gasteiger partial charge in [-0.2, -0.15) is 0 Å². The molecule has 1 N–H and O–H groups in total. The number of hydrogen-bond donors (Lipinski definition) is 1. The molecule has 0 spiro atoms. The Balaban J connectivity index is 1.77. The van der Waals surface area contributed by atoms with E-state index in [9.17, 15) is 0 Å². The van der Waals surface area contributed by atoms with E-state index in [1.165, 1.54) is 28.1 Å². The molecule has 4 rings (SSSR count). The minimum atomic E-state index is 0.414. The maximum Gasteiger partial charge on any atom is 0.136 e. The molecule has 1 aromatic heterocycles. The van der Waals surface area contributed by atoms with Crippen molar-refractivity contribution in [3.05, 3.63) is 58.2 Å². The molecule has 0 saturated heterocycles. The third kappa shape index (κ3) is 1.77. The van der Waals surface area contributed by atoms with Crippen LogP contribution in [0.15, 0.2) is 24.3 Å². The van der Waals surface area contributed by atoms with Crippen molar-refractivity contribution in [3.63, 3.8) is 0 Å². The minimum Gasteiger partial charge on any atom is -0.312 e. The van der Waals surface area contributed by atoms with Crippen molar-refractivity contribution in [1.29, 1.82) is 0 Å². The topological polar surface area (TPSA) is 37.8 Å². The molecule has 1 aliphatic carbocycles. The third-order valence-electron chi connectivity index (χ3n) is 4.54. The number of rotatable bonds is 2. The van der Waals surface area contributed by atoms with E-state index in [0.29, 0.717) is 5.92 Å². The van der Waals surface area contributed by atoms with Crippen LogP contribution in [0.1, 0.15) is 46.7 Å². The summed E-state index contributed by atoms with van der Waals surface area (Å²) in [6.45, 7) is 4.16. The van der Waals surface area contributed by atoms with Gasteiger partial charge < -0.3 is 5.32 Å². The Morgan fingerprint density at radius 3 is 3.00 bits per heavy atom. The molecule has 0 radical (unpaired) electrons. The fourth-order valence-corrected chi connectivity index (χ4v) is 3.37. The quantitative estimate of drug-likeness (QED) is 0.906. The summed E-state index contributed by atoms with van der Waals surface area (Å²) in [7, 11) is 0. The van der Waals surface area contributed by atoms with E-state index < -0.39 is 0 Å². The lowest BCUT2D eigenvalue weighted by Crippen LogP contribution is -2.29. The number of nitrogens with one attached hydrogen (secondary N) is 1. The van der Waals surface area contributed by atoms with Crippen LogP contribution in [0.4, 0.5) is 0 Å². The standard InChI is InChI=1S/C17H19N3/c1-2-15-14-10-18-8-7-16(14)20-17(19-15)13-9-11-5-3-4-6-12(11)13/h3-6,13,18H,2,7-10H2,1H3. The molecule has 0 saturated carbocycles. The largest absolute Gasteiger partial charge is 0.312 e. The van der Waals surface area contributed by atoms with Crippen molar-refractivity contribution in [2.45, 2.75) is 38.6 Å². The zero-order chi connectivity index (χ0) is 13.5. The lowest BCUT2D eigenvalue weighted by molar-refractivity contribution is 0.589. The van der Waals surface area contributed by atoms with Crippen LogP contribution >= 0.6 is 0 Å². The van der Waals surface area contributed by atoms with E-state index in [1.807, 2.05) is 0 Å². The molecule has 3 heteroatoms. The van der Waals surface area contributed by atoms with Gasteiger partial charge in [-0.1, -0.05) is 31.2 Å². The minimum absolute atomic E-state index is 0.414. The molecule has 3 nitrogen and oxygen atoms in total. The fourth-order valence-electron chi connectivity index (χ4n) is 3.37. The molecule has 20 heavy (non-hydrogen) atoms. The van der Waals surface area contributed by atoms with Crippen LogP contribution in [0.5, 0.6) is 0 Å². The summed E-state index contributed by atoms with van der Waals surface area (Å²) in [6.07, 6.45) is 3.12. The number of fused-ring (bicyclic) bond motifs is 2. The molecule has 2 aliphatic rings. The van der Waals surface area contributed by atoms with E-state index >= 15 is 0 Å². The van der Waals surface area contributed by atoms with Gasteiger partial charge in [-0.05, 0) is 24.0 Å². The molecule has 1 aromatic carbocycles. The Hall–Kier alpha value is -1.74. The lowest BCUT2D eigenvalue weighted by atomic mass is 9.77. The molecule has 1 aliphatic heterocycles. The molecule has 0 fully saturated rings. The van der Waals surface area contributed by atoms with Crippen molar-refractivity contribution in [1.82, 2.24) is 15.3 Å². The van der Waals surface area contributed by atoms with E-state index in [4.69, 9.17) is 9.97 Å². The van der Waals surface area contributed by atoms with Crippen molar-refractivity contribution in [2.75, 3.05) is 6.54 Å². The highest BCUT2D eigenvalue weighted by Crippen LogP contribution is 2.38. The highest BCUT2D eigenvalue weighted by atomic mass is 15.0. The van der Waals surface area contributed by atoms with Gasteiger partial charge in [-0.3, -0.25) is 0 Å². The summed E-state index contributed by atoms with van der Waals surface area (Å²) in [6, 6.07) is 8.67. The van der Waals surface area contributed by atoms with Gasteiger partial charge in [-0.15, -0.1) is 0 Å². The normalized spacial score (nSPS) is 19.9. The number of hydrogen-bond acceptors (Lipinski definition) is 3. The van der Waals surface area contributed by atoms with Crippen LogP contribution in [-0.4, -0.2) is 16.5 Å². The predicted molar refractivity (Wildman–Crippen MR) is 78.8 cm³/mol. The number of aryl methyl sites for hydroxylation is 1. The van der Waals surface area contributed by atoms with Gasteiger partial charge in [0.2, 0.25) is 0 Å². The molecule has 102 valence electrons. The van der Waals surface area contributed by atoms with Crippen LogP contribution in [0, 0.1) is 0 Å². The van der Waals surface area contributed by atoms with Gasteiger partial charge in [0.1, 0.15) is 5.82 Å². The van der Waals surface area contributed by atoms with Gasteiger partial charge in [0, 0.05) is 36.7 Å². The van der Waals surface area contributed by atoms with Crippen molar-refractivity contribution in [2.24, 2.45) is 0 Å². The van der Waals surface area contributed by atoms with E-state index in [2.05, 4.69) is 36.5 Å². The first-order valence-corrected chi connectivity index (χ1v) is 7.54. The van der Waals surface area contributed by atoms with Crippen LogP contribution in [0.3, 0.4) is 0 Å². The highest BCUT2D eigenvalue weighted by molar-refractivity contribution is 5.44. The van der Waals surface area contributed by atoms with Crippen molar-refractivity contribution in [3.8, 4) is 0 Å². The summed E-state index contributed by atoms with van der Waals surface area (Å²) < 4.78 is 0. The van der Waals surface area contributed by atoms with Crippen molar-refractivity contribution < 1.29 is 0 Å². The van der Waals surface area contributed by atoms with Crippen molar-refractivity contribution >= 4 is 0 Å². The predicted octanol–water partition coefficient (Wildman–Crippen LogP) is 2.37. The second-order valence-corrected chi connectivity index (χ2v) is 5.69. The van der Waals surface area contributed by atoms with Crippen LogP contribution < -0.4 is 5.32 Å². The van der Waals surface area contributed by atoms with Gasteiger partial charge >= 0.3 is 0 Å². The van der Waals surface area contributed by atoms with Crippen LogP contribution in [0.2, 0.25) is 0 Å². The second kappa shape index (κ2) is 4.67. The Labute approximate surface area is 119 Å². The SMILES string of the molecule is CCc1nc(C2Cc3ccccc32)nc2c1CNCC2. The summed E-state index contributed by atoms with van der Waals surface area (Å²) in [5, 5.41) is 3.43. The Morgan fingerprint density at radius 2 is 2.15 bits per heavy atom. The van der Waals surface area contributed by atoms with Crippen LogP contribution in [-0.2, 0) is 25.8 Å². The second-order valence-electron chi connectivity index (χ2n) is 5.69. The zero-order valence-electron chi connectivity index (χ0n) is 11.8. The fraction of sp³-hybridized carbons (Fsp3) is 0.412. The molecule has 0 bridgehead atoms. The molecular weight excluding hydrogens is 246 g/mol. The third-order valence-corrected chi connectivity index (χ3v) is 4.54. The molecule has 1 atom stereocenters. The smallest absolute Gasteiger partial charge is 0.136 e. The number of nitrogens with zero attached hydrogens (tertiary/aromatic N) is 2. The summed E-state index contributed by atoms with van der Waals surface area (Å²) in [5.41, 5.74) is 6.73. The Morgan fingerprint density at radius 1 is 1.25 bits per heavy atom. The van der Waals surface area contributed by atoms with Crippen LogP contribution in [0.25, 0.3) is 0 Å². The summed E-state index contributed by atoms with van der Waals surface area (Å²) in [4.78, 5) is 9.77. The molecule has 1 unspecified atom stereocenters. The zero-order valence-corrected chi connectivity index (χ0v) is 11.8. The van der Waals surface area contributed by atoms with Gasteiger partial charge in [0.15, 0.2) is 0 Å². The van der Waals surface area contributed by atoms with Gasteiger partial charge in [0.25, 0.3) is 0 Å². The molecular formula is C17H19N3. The molecule has 2 heterocycles. The first-order chi connectivity index (χ1) is 9.86. The van der Waals surface area contributed by atoms with E-state index in [1.54, 1.807) is 0 Å². The summed E-state index contributed by atoms with van der Waals surface area (Å²) >= 11 is 0. The van der Waals surface area contributed by atoms with Gasteiger partial charge in [0.05, 0.1) is 5.69 Å². The molecule has 2 aromatic rings. The maximum absolute atomic E-state index is 4.89. The summed E-state index contributed by atoms with van der Waals surface area (Å²) in [5.74, 6) is 1.46. The Bertz CT molecular complexity index is 646. The number of aromatic nitrogens is 2. The van der Waals surface area contributed by atoms with E-state index in [0.717, 1.165) is 38.2 Å². The van der Waals surface area contributed by atoms with E-state index in [-0.39, 0.29) is 0 Å². The van der Waals surface area contributed by atoms with Gasteiger partial charge in [-0.25, -0.2) is 9.97 Å². The lowest BCUT2D eigenvalue weighted by Gasteiger charge is -2.30. The average Bonchev–Trinajstić information content (AvgIpc) is 2.47. The maximum atomic E-state index is 4.89.